The first-order valence-corrected chi connectivity index (χ1v) is 16.7. The summed E-state index contributed by atoms with van der Waals surface area (Å²) in [4.78, 5) is 29.2. The molecule has 0 heterocycles. The molecule has 0 unspecified atom stereocenters. The molecule has 2 amide bonds. The Morgan fingerprint density at radius 1 is 0.851 bits per heavy atom. The number of ether oxygens (including phenoxy) is 3. The number of hydrogen-bond acceptors (Lipinski definition) is 7. The number of halogens is 1. The summed E-state index contributed by atoms with van der Waals surface area (Å²) in [5.74, 6) is 0.0806. The number of methoxy groups -OCH3 is 2. The van der Waals surface area contributed by atoms with E-state index < -0.39 is 34.4 Å². The third-order valence-corrected chi connectivity index (χ3v) is 9.42. The van der Waals surface area contributed by atoms with Gasteiger partial charge in [-0.25, -0.2) is 8.42 Å². The smallest absolute Gasteiger partial charge is 0.264 e. The van der Waals surface area contributed by atoms with Crippen molar-refractivity contribution in [1.29, 1.82) is 0 Å². The number of carbonyl (C=O) groups excluding carboxylic acids is 2. The highest BCUT2D eigenvalue weighted by Crippen LogP contribution is 2.33. The van der Waals surface area contributed by atoms with E-state index in [0.29, 0.717) is 28.7 Å². The maximum atomic E-state index is 14.5. The summed E-state index contributed by atoms with van der Waals surface area (Å²) in [5.41, 5.74) is 1.72. The Morgan fingerprint density at radius 2 is 1.53 bits per heavy atom. The Bertz CT molecular complexity index is 1770. The van der Waals surface area contributed by atoms with Crippen LogP contribution >= 0.6 is 11.6 Å². The van der Waals surface area contributed by atoms with Gasteiger partial charge in [-0.2, -0.15) is 0 Å². The molecule has 1 atom stereocenters. The van der Waals surface area contributed by atoms with E-state index in [0.717, 1.165) is 9.87 Å². The quantitative estimate of drug-likeness (QED) is 0.181. The second kappa shape index (κ2) is 16.2. The van der Waals surface area contributed by atoms with Gasteiger partial charge in [0, 0.05) is 31.1 Å². The number of likely N-dealkylation sites (N-methyl/N-ethyl adjacent to an activating group) is 1. The summed E-state index contributed by atoms with van der Waals surface area (Å²) in [7, 11) is -0.0191. The summed E-state index contributed by atoms with van der Waals surface area (Å²) in [5, 5.41) is 3.13. The number of sulfonamides is 1. The molecule has 0 saturated carbocycles. The fourth-order valence-electron chi connectivity index (χ4n) is 5.06. The van der Waals surface area contributed by atoms with Crippen molar-refractivity contribution < 1.29 is 32.2 Å². The fraction of sp³-hybridized carbons (Fsp3) is 0.257. The first kappa shape index (κ1) is 35.1. The number of benzene rings is 4. The Balaban J connectivity index is 1.82. The van der Waals surface area contributed by atoms with Crippen LogP contribution in [0.5, 0.6) is 17.2 Å². The number of carbonyl (C=O) groups is 2. The molecular weight excluding hydrogens is 642 g/mol. The van der Waals surface area contributed by atoms with Crippen LogP contribution < -0.4 is 23.8 Å². The van der Waals surface area contributed by atoms with Gasteiger partial charge in [-0.15, -0.1) is 0 Å². The van der Waals surface area contributed by atoms with Crippen LogP contribution in [-0.2, 0) is 32.6 Å². The Morgan fingerprint density at radius 3 is 2.15 bits per heavy atom. The van der Waals surface area contributed by atoms with Crippen LogP contribution in [0.1, 0.15) is 18.1 Å². The van der Waals surface area contributed by atoms with E-state index in [1.165, 1.54) is 44.4 Å². The van der Waals surface area contributed by atoms with Crippen molar-refractivity contribution in [1.82, 2.24) is 10.2 Å². The fourth-order valence-corrected chi connectivity index (χ4v) is 6.70. The number of anilines is 1. The molecule has 0 radical (unpaired) electrons. The second-order valence-electron chi connectivity index (χ2n) is 10.4. The molecule has 0 spiro atoms. The van der Waals surface area contributed by atoms with Gasteiger partial charge in [-0.3, -0.25) is 13.9 Å². The summed E-state index contributed by atoms with van der Waals surface area (Å²) in [6.45, 7) is 1.64. The van der Waals surface area contributed by atoms with Gasteiger partial charge in [0.2, 0.25) is 11.8 Å². The zero-order valence-corrected chi connectivity index (χ0v) is 28.3. The number of hydrogen-bond donors (Lipinski definition) is 1. The van der Waals surface area contributed by atoms with Crippen LogP contribution in [0.4, 0.5) is 5.69 Å². The standard InChI is InChI=1S/C35H38ClN3O7S/c1-5-46-29-16-14-28(15-17-29)39(47(42,43)30-18-19-32(44-3)33(22-30)45-4)24-34(40)38(23-26-12-9-13-27(36)20-26)31(35(41)37-2)21-25-10-7-6-8-11-25/h6-20,22,31H,5,21,23-24H2,1-4H3,(H,37,41)/t31-/m0/s1. The van der Waals surface area contributed by atoms with Crippen molar-refractivity contribution in [2.45, 2.75) is 30.8 Å². The number of amides is 2. The van der Waals surface area contributed by atoms with E-state index in [9.17, 15) is 18.0 Å². The molecule has 0 aromatic heterocycles. The summed E-state index contributed by atoms with van der Waals surface area (Å²) in [6, 6.07) is 25.9. The molecule has 0 aliphatic carbocycles. The lowest BCUT2D eigenvalue weighted by Crippen LogP contribution is -2.53. The highest BCUT2D eigenvalue weighted by molar-refractivity contribution is 7.92. The highest BCUT2D eigenvalue weighted by Gasteiger charge is 2.34. The monoisotopic (exact) mass is 679 g/mol. The average molecular weight is 680 g/mol. The van der Waals surface area contributed by atoms with Crippen molar-refractivity contribution in [3.63, 3.8) is 0 Å². The van der Waals surface area contributed by atoms with Gasteiger partial charge in [0.15, 0.2) is 11.5 Å². The maximum Gasteiger partial charge on any atom is 0.264 e. The van der Waals surface area contributed by atoms with Crippen LogP contribution in [0.25, 0.3) is 0 Å². The predicted molar refractivity (Wildman–Crippen MR) is 182 cm³/mol. The van der Waals surface area contributed by atoms with Crippen LogP contribution in [0.2, 0.25) is 5.02 Å². The van der Waals surface area contributed by atoms with Crippen LogP contribution in [-0.4, -0.2) is 65.6 Å². The van der Waals surface area contributed by atoms with E-state index in [1.807, 2.05) is 37.3 Å². The van der Waals surface area contributed by atoms with Gasteiger partial charge >= 0.3 is 0 Å². The first-order chi connectivity index (χ1) is 22.6. The molecule has 12 heteroatoms. The molecule has 10 nitrogen and oxygen atoms in total. The minimum Gasteiger partial charge on any atom is -0.494 e. The van der Waals surface area contributed by atoms with Gasteiger partial charge < -0.3 is 24.4 Å². The Labute approximate surface area is 280 Å². The topological polar surface area (TPSA) is 114 Å². The molecule has 0 bridgehead atoms. The molecule has 4 rings (SSSR count). The predicted octanol–water partition coefficient (Wildman–Crippen LogP) is 5.34. The van der Waals surface area contributed by atoms with Crippen molar-refractivity contribution in [2.75, 3.05) is 38.7 Å². The van der Waals surface area contributed by atoms with E-state index >= 15 is 0 Å². The highest BCUT2D eigenvalue weighted by atomic mass is 35.5. The molecular formula is C35H38ClN3O7S. The zero-order chi connectivity index (χ0) is 34.0. The third-order valence-electron chi connectivity index (χ3n) is 7.42. The second-order valence-corrected chi connectivity index (χ2v) is 12.7. The van der Waals surface area contributed by atoms with Crippen LogP contribution in [0.3, 0.4) is 0 Å². The molecule has 0 fully saturated rings. The number of nitrogens with one attached hydrogen (secondary N) is 1. The van der Waals surface area contributed by atoms with Crippen molar-refractivity contribution >= 4 is 39.1 Å². The van der Waals surface area contributed by atoms with Crippen LogP contribution in [0, 0.1) is 0 Å². The number of nitrogens with zero attached hydrogens (tertiary/aromatic N) is 2. The normalized spacial score (nSPS) is 11.7. The van der Waals surface area contributed by atoms with Crippen molar-refractivity contribution in [3.8, 4) is 17.2 Å². The molecule has 248 valence electrons. The minimum atomic E-state index is -4.37. The van der Waals surface area contributed by atoms with E-state index in [2.05, 4.69) is 5.32 Å². The van der Waals surface area contributed by atoms with E-state index in [-0.39, 0.29) is 29.3 Å². The van der Waals surface area contributed by atoms with Crippen LogP contribution in [0.15, 0.2) is 102 Å². The summed E-state index contributed by atoms with van der Waals surface area (Å²) < 4.78 is 45.9. The molecule has 0 saturated heterocycles. The van der Waals surface area contributed by atoms with Gasteiger partial charge in [-0.05, 0) is 66.6 Å². The van der Waals surface area contributed by atoms with Gasteiger partial charge in [-0.1, -0.05) is 54.1 Å². The summed E-state index contributed by atoms with van der Waals surface area (Å²) in [6.07, 6.45) is 0.193. The lowest BCUT2D eigenvalue weighted by molar-refractivity contribution is -0.139. The largest absolute Gasteiger partial charge is 0.494 e. The minimum absolute atomic E-state index is 0.00215. The van der Waals surface area contributed by atoms with Crippen molar-refractivity contribution in [3.05, 3.63) is 113 Å². The Hall–Kier alpha value is -4.74. The van der Waals surface area contributed by atoms with Crippen molar-refractivity contribution in [2.24, 2.45) is 0 Å². The van der Waals surface area contributed by atoms with Gasteiger partial charge in [0.1, 0.15) is 18.3 Å². The average Bonchev–Trinajstić information content (AvgIpc) is 3.08. The SMILES string of the molecule is CCOc1ccc(N(CC(=O)N(Cc2cccc(Cl)c2)[C@@H](Cc2ccccc2)C(=O)NC)S(=O)(=O)c2ccc(OC)c(OC)c2)cc1. The van der Waals surface area contributed by atoms with E-state index in [4.69, 9.17) is 25.8 Å². The zero-order valence-electron chi connectivity index (χ0n) is 26.7. The third kappa shape index (κ3) is 8.75. The Kier molecular flexibility index (Phi) is 12.1. The van der Waals surface area contributed by atoms with Gasteiger partial charge in [0.05, 0.1) is 31.4 Å². The van der Waals surface area contributed by atoms with E-state index in [1.54, 1.807) is 48.5 Å². The van der Waals surface area contributed by atoms with Gasteiger partial charge in [0.25, 0.3) is 10.0 Å². The number of rotatable bonds is 15. The first-order valence-electron chi connectivity index (χ1n) is 14.9. The summed E-state index contributed by atoms with van der Waals surface area (Å²) >= 11 is 6.28. The molecule has 4 aromatic rings. The lowest BCUT2D eigenvalue weighted by Gasteiger charge is -2.33. The molecule has 1 N–H and O–H groups in total. The lowest BCUT2D eigenvalue weighted by atomic mass is 10.0. The molecule has 0 aliphatic heterocycles. The molecule has 47 heavy (non-hydrogen) atoms. The molecule has 4 aromatic carbocycles. The maximum absolute atomic E-state index is 14.5. The molecule has 0 aliphatic rings.